The van der Waals surface area contributed by atoms with Gasteiger partial charge in [-0.2, -0.15) is 0 Å². The van der Waals surface area contributed by atoms with E-state index in [9.17, 15) is 9.18 Å². The van der Waals surface area contributed by atoms with E-state index in [2.05, 4.69) is 24.8 Å². The molecular formula is C27H31FN6O4. The molecule has 38 heavy (non-hydrogen) atoms. The summed E-state index contributed by atoms with van der Waals surface area (Å²) in [4.78, 5) is 33.0. The van der Waals surface area contributed by atoms with Crippen LogP contribution in [0.15, 0.2) is 47.7 Å². The summed E-state index contributed by atoms with van der Waals surface area (Å²) < 4.78 is 30.6. The SMILES string of the molecule is CC(CF)Oc1cc(Oc2cnc(C(=O)N3CCN(C)CC3)cn2)cc(-c2ccc(C3=NC[C@H](C)O3)[nH]2)c1. The minimum atomic E-state index is -0.628. The lowest BCUT2D eigenvalue weighted by atomic mass is 10.1. The van der Waals surface area contributed by atoms with Crippen molar-refractivity contribution in [3.8, 4) is 28.6 Å². The monoisotopic (exact) mass is 522 g/mol. The first-order valence-corrected chi connectivity index (χ1v) is 12.6. The molecular weight excluding hydrogens is 491 g/mol. The van der Waals surface area contributed by atoms with Gasteiger partial charge in [-0.25, -0.2) is 19.4 Å². The Hall–Kier alpha value is -3.99. The van der Waals surface area contributed by atoms with Gasteiger partial charge in [-0.15, -0.1) is 0 Å². The molecule has 0 aliphatic carbocycles. The number of benzene rings is 1. The highest BCUT2D eigenvalue weighted by Crippen LogP contribution is 2.32. The van der Waals surface area contributed by atoms with Crippen LogP contribution in [-0.2, 0) is 4.74 Å². The molecule has 0 bridgehead atoms. The third-order valence-electron chi connectivity index (χ3n) is 6.33. The second-order valence-corrected chi connectivity index (χ2v) is 9.57. The van der Waals surface area contributed by atoms with Crippen LogP contribution < -0.4 is 9.47 Å². The number of aromatic amines is 1. The highest BCUT2D eigenvalue weighted by Gasteiger charge is 2.22. The molecule has 1 amide bonds. The molecule has 3 aromatic rings. The normalized spacial score (nSPS) is 18.6. The van der Waals surface area contributed by atoms with Crippen molar-refractivity contribution in [1.82, 2.24) is 24.8 Å². The van der Waals surface area contributed by atoms with Crippen LogP contribution in [0.25, 0.3) is 11.3 Å². The van der Waals surface area contributed by atoms with E-state index >= 15 is 0 Å². The molecule has 200 valence electrons. The minimum absolute atomic E-state index is 0.0417. The summed E-state index contributed by atoms with van der Waals surface area (Å²) in [7, 11) is 2.03. The molecule has 4 heterocycles. The molecule has 1 aromatic carbocycles. The number of amides is 1. The molecule has 1 fully saturated rings. The van der Waals surface area contributed by atoms with Gasteiger partial charge in [0.25, 0.3) is 5.91 Å². The van der Waals surface area contributed by atoms with Crippen molar-refractivity contribution in [3.63, 3.8) is 0 Å². The molecule has 0 saturated carbocycles. The van der Waals surface area contributed by atoms with Crippen LogP contribution in [0.1, 0.15) is 30.0 Å². The smallest absolute Gasteiger partial charge is 0.274 e. The van der Waals surface area contributed by atoms with Gasteiger partial charge in [0.05, 0.1) is 18.9 Å². The van der Waals surface area contributed by atoms with E-state index in [0.29, 0.717) is 37.0 Å². The summed E-state index contributed by atoms with van der Waals surface area (Å²) in [5.74, 6) is 1.51. The lowest BCUT2D eigenvalue weighted by Crippen LogP contribution is -2.47. The highest BCUT2D eigenvalue weighted by molar-refractivity contribution is 5.94. The van der Waals surface area contributed by atoms with Gasteiger partial charge in [-0.1, -0.05) is 0 Å². The highest BCUT2D eigenvalue weighted by atomic mass is 19.1. The molecule has 2 atom stereocenters. The van der Waals surface area contributed by atoms with Gasteiger partial charge in [-0.05, 0) is 45.2 Å². The first-order valence-electron chi connectivity index (χ1n) is 12.6. The van der Waals surface area contributed by atoms with Gasteiger partial charge in [0.1, 0.15) is 41.8 Å². The average molecular weight is 523 g/mol. The first-order chi connectivity index (χ1) is 18.4. The number of nitrogens with zero attached hydrogens (tertiary/aromatic N) is 5. The summed E-state index contributed by atoms with van der Waals surface area (Å²) in [5.41, 5.74) is 2.58. The molecule has 2 aliphatic rings. The first kappa shape index (κ1) is 25.7. The van der Waals surface area contributed by atoms with Gasteiger partial charge < -0.3 is 29.0 Å². The third-order valence-corrected chi connectivity index (χ3v) is 6.33. The fourth-order valence-corrected chi connectivity index (χ4v) is 4.20. The van der Waals surface area contributed by atoms with Crippen molar-refractivity contribution in [1.29, 1.82) is 0 Å². The predicted molar refractivity (Wildman–Crippen MR) is 140 cm³/mol. The Bertz CT molecular complexity index is 1300. The molecule has 10 nitrogen and oxygen atoms in total. The number of likely N-dealkylation sites (N-methyl/N-ethyl adjacent to an activating group) is 1. The van der Waals surface area contributed by atoms with Crippen LogP contribution in [0, 0.1) is 0 Å². The molecule has 2 aromatic heterocycles. The van der Waals surface area contributed by atoms with E-state index in [1.807, 2.05) is 32.2 Å². The Morgan fingerprint density at radius 3 is 2.58 bits per heavy atom. The third kappa shape index (κ3) is 5.94. The Morgan fingerprint density at radius 2 is 1.89 bits per heavy atom. The molecule has 1 N–H and O–H groups in total. The van der Waals surface area contributed by atoms with Crippen molar-refractivity contribution in [2.45, 2.75) is 26.1 Å². The fourth-order valence-electron chi connectivity index (χ4n) is 4.20. The van der Waals surface area contributed by atoms with Crippen LogP contribution in [-0.4, -0.2) is 95.2 Å². The van der Waals surface area contributed by atoms with Gasteiger partial charge >= 0.3 is 0 Å². The number of aliphatic imine (C=N–C) groups is 1. The quantitative estimate of drug-likeness (QED) is 0.482. The number of carbonyl (C=O) groups is 1. The number of aromatic nitrogens is 3. The number of piperazine rings is 1. The van der Waals surface area contributed by atoms with Crippen molar-refractivity contribution in [2.24, 2.45) is 4.99 Å². The fraction of sp³-hybridized carbons (Fsp3) is 0.407. The maximum absolute atomic E-state index is 13.2. The molecule has 1 unspecified atom stereocenters. The zero-order valence-corrected chi connectivity index (χ0v) is 21.7. The summed E-state index contributed by atoms with van der Waals surface area (Å²) in [6.45, 7) is 6.56. The molecule has 2 aliphatic heterocycles. The Balaban J connectivity index is 1.35. The van der Waals surface area contributed by atoms with Gasteiger partial charge in [0.15, 0.2) is 0 Å². The lowest BCUT2D eigenvalue weighted by Gasteiger charge is -2.32. The van der Waals surface area contributed by atoms with Crippen LogP contribution in [0.4, 0.5) is 4.39 Å². The Kier molecular flexibility index (Phi) is 7.54. The van der Waals surface area contributed by atoms with Crippen LogP contribution >= 0.6 is 0 Å². The average Bonchev–Trinajstić information content (AvgIpc) is 3.58. The van der Waals surface area contributed by atoms with E-state index in [1.165, 1.54) is 12.4 Å². The van der Waals surface area contributed by atoms with E-state index in [-0.39, 0.29) is 23.6 Å². The number of halogens is 1. The number of alkyl halides is 1. The molecule has 0 radical (unpaired) electrons. The summed E-state index contributed by atoms with van der Waals surface area (Å²) in [6, 6.07) is 9.08. The number of H-pyrrole nitrogens is 1. The van der Waals surface area contributed by atoms with Crippen molar-refractivity contribution in [3.05, 3.63) is 54.1 Å². The minimum Gasteiger partial charge on any atom is -0.488 e. The van der Waals surface area contributed by atoms with Gasteiger partial charge in [0, 0.05) is 43.5 Å². The zero-order valence-electron chi connectivity index (χ0n) is 21.7. The number of hydrogen-bond acceptors (Lipinski definition) is 8. The summed E-state index contributed by atoms with van der Waals surface area (Å²) >= 11 is 0. The van der Waals surface area contributed by atoms with E-state index in [0.717, 1.165) is 30.0 Å². The molecule has 0 spiro atoms. The van der Waals surface area contributed by atoms with Crippen molar-refractivity contribution < 1.29 is 23.4 Å². The lowest BCUT2D eigenvalue weighted by molar-refractivity contribution is 0.0657. The summed E-state index contributed by atoms with van der Waals surface area (Å²) in [5, 5.41) is 0. The maximum Gasteiger partial charge on any atom is 0.274 e. The number of nitrogens with one attached hydrogen (secondary N) is 1. The summed E-state index contributed by atoms with van der Waals surface area (Å²) in [6.07, 6.45) is 2.26. The van der Waals surface area contributed by atoms with E-state index in [1.54, 1.807) is 24.0 Å². The van der Waals surface area contributed by atoms with Crippen LogP contribution in [0.3, 0.4) is 0 Å². The van der Waals surface area contributed by atoms with E-state index in [4.69, 9.17) is 14.2 Å². The van der Waals surface area contributed by atoms with Crippen molar-refractivity contribution in [2.75, 3.05) is 46.4 Å². The largest absolute Gasteiger partial charge is 0.488 e. The molecule has 11 heteroatoms. The Labute approximate surface area is 220 Å². The number of ether oxygens (including phenoxy) is 3. The number of rotatable bonds is 8. The number of hydrogen-bond donors (Lipinski definition) is 1. The van der Waals surface area contributed by atoms with Crippen LogP contribution in [0.2, 0.25) is 0 Å². The second-order valence-electron chi connectivity index (χ2n) is 9.57. The molecule has 5 rings (SSSR count). The Morgan fingerprint density at radius 1 is 1.13 bits per heavy atom. The zero-order chi connectivity index (χ0) is 26.6. The van der Waals surface area contributed by atoms with Crippen LogP contribution in [0.5, 0.6) is 17.4 Å². The maximum atomic E-state index is 13.2. The second kappa shape index (κ2) is 11.2. The van der Waals surface area contributed by atoms with Gasteiger partial charge in [-0.3, -0.25) is 4.79 Å². The standard InChI is InChI=1S/C27H31FN6O4/c1-17(13-28)36-20-10-19(22-4-5-23(32-22)26-31-14-18(2)37-26)11-21(12-20)38-25-16-29-24(15-30-25)27(35)34-8-6-33(3)7-9-34/h4-5,10-12,15-18,32H,6-9,13-14H2,1-3H3/t17?,18-/m0/s1. The predicted octanol–water partition coefficient (Wildman–Crippen LogP) is 3.55. The number of carbonyl (C=O) groups excluding carboxylic acids is 1. The molecule has 1 saturated heterocycles. The van der Waals surface area contributed by atoms with Gasteiger partial charge in [0.2, 0.25) is 11.8 Å². The van der Waals surface area contributed by atoms with E-state index < -0.39 is 12.8 Å². The van der Waals surface area contributed by atoms with Crippen molar-refractivity contribution >= 4 is 11.8 Å². The topological polar surface area (TPSA) is 105 Å².